The summed E-state index contributed by atoms with van der Waals surface area (Å²) < 4.78 is 0. The average Bonchev–Trinajstić information content (AvgIpc) is 2.08. The number of aromatic nitrogens is 1. The van der Waals surface area contributed by atoms with E-state index in [1.807, 2.05) is 6.92 Å². The van der Waals surface area contributed by atoms with Gasteiger partial charge in [0.15, 0.2) is 0 Å². The highest BCUT2D eigenvalue weighted by atomic mass is 35.5. The lowest BCUT2D eigenvalue weighted by Crippen LogP contribution is -2.16. The van der Waals surface area contributed by atoms with Crippen molar-refractivity contribution in [2.45, 2.75) is 13.0 Å². The van der Waals surface area contributed by atoms with Crippen LogP contribution in [-0.4, -0.2) is 16.7 Å². The van der Waals surface area contributed by atoms with Gasteiger partial charge in [-0.15, -0.1) is 0 Å². The number of halogens is 1. The zero-order chi connectivity index (χ0) is 9.14. The van der Waals surface area contributed by atoms with Crippen LogP contribution in [0.4, 0.5) is 0 Å². The van der Waals surface area contributed by atoms with Gasteiger partial charge in [-0.25, -0.2) is 0 Å². The largest absolute Gasteiger partial charge is 0.394 e. The molecule has 0 fully saturated rings. The van der Waals surface area contributed by atoms with Gasteiger partial charge in [-0.3, -0.25) is 4.98 Å². The second-order valence-electron chi connectivity index (χ2n) is 2.61. The summed E-state index contributed by atoms with van der Waals surface area (Å²) in [6.45, 7) is 1.71. The Balaban J connectivity index is 3.04. The van der Waals surface area contributed by atoms with Crippen molar-refractivity contribution in [2.24, 2.45) is 5.73 Å². The fourth-order valence-electron chi connectivity index (χ4n) is 0.906. The first-order valence-electron chi connectivity index (χ1n) is 3.64. The van der Waals surface area contributed by atoms with Crippen LogP contribution in [-0.2, 0) is 0 Å². The van der Waals surface area contributed by atoms with Crippen LogP contribution >= 0.6 is 11.6 Å². The molecular weight excluding hydrogens is 176 g/mol. The molecule has 1 heterocycles. The molecule has 0 aliphatic carbocycles. The van der Waals surface area contributed by atoms with E-state index < -0.39 is 6.04 Å². The smallest absolute Gasteiger partial charge is 0.0783 e. The van der Waals surface area contributed by atoms with Crippen LogP contribution in [0.25, 0.3) is 0 Å². The van der Waals surface area contributed by atoms with Gasteiger partial charge in [-0.05, 0) is 19.1 Å². The van der Waals surface area contributed by atoms with Gasteiger partial charge >= 0.3 is 0 Å². The molecule has 1 unspecified atom stereocenters. The number of rotatable bonds is 2. The predicted molar refractivity (Wildman–Crippen MR) is 48.0 cm³/mol. The third-order valence-electron chi connectivity index (χ3n) is 1.56. The third kappa shape index (κ3) is 1.94. The Hall–Kier alpha value is -0.640. The van der Waals surface area contributed by atoms with E-state index in [1.54, 1.807) is 12.1 Å². The fraction of sp³-hybridized carbons (Fsp3) is 0.375. The molecule has 0 saturated heterocycles. The number of aryl methyl sites for hydroxylation is 1. The summed E-state index contributed by atoms with van der Waals surface area (Å²) in [5.41, 5.74) is 6.97. The normalized spacial score (nSPS) is 13.0. The van der Waals surface area contributed by atoms with Crippen LogP contribution < -0.4 is 5.73 Å². The van der Waals surface area contributed by atoms with Gasteiger partial charge in [0.25, 0.3) is 0 Å². The van der Waals surface area contributed by atoms with Crippen molar-refractivity contribution in [1.82, 2.24) is 4.98 Å². The van der Waals surface area contributed by atoms with E-state index in [9.17, 15) is 0 Å². The molecule has 1 atom stereocenters. The van der Waals surface area contributed by atoms with Gasteiger partial charge < -0.3 is 10.8 Å². The van der Waals surface area contributed by atoms with E-state index in [0.29, 0.717) is 10.7 Å². The molecule has 0 radical (unpaired) electrons. The van der Waals surface area contributed by atoms with Crippen LogP contribution in [0, 0.1) is 6.92 Å². The quantitative estimate of drug-likeness (QED) is 0.726. The second kappa shape index (κ2) is 3.85. The standard InChI is InChI=1S/C8H11ClN2O/c1-5-2-3-6(9)8(11-5)7(10)4-12/h2-3,7,12H,4,10H2,1H3. The van der Waals surface area contributed by atoms with E-state index in [1.165, 1.54) is 0 Å². The molecule has 0 bridgehead atoms. The first-order valence-corrected chi connectivity index (χ1v) is 4.02. The molecule has 0 aliphatic heterocycles. The highest BCUT2D eigenvalue weighted by Crippen LogP contribution is 2.18. The minimum atomic E-state index is -0.489. The number of aliphatic hydroxyl groups excluding tert-OH is 1. The zero-order valence-corrected chi connectivity index (χ0v) is 7.54. The number of hydrogen-bond acceptors (Lipinski definition) is 3. The minimum Gasteiger partial charge on any atom is -0.394 e. The minimum absolute atomic E-state index is 0.143. The summed E-state index contributed by atoms with van der Waals surface area (Å²) in [7, 11) is 0. The number of hydrogen-bond donors (Lipinski definition) is 2. The summed E-state index contributed by atoms with van der Waals surface area (Å²) >= 11 is 5.82. The molecule has 12 heavy (non-hydrogen) atoms. The Kier molecular flexibility index (Phi) is 3.03. The van der Waals surface area contributed by atoms with Crippen molar-refractivity contribution in [3.63, 3.8) is 0 Å². The fourth-order valence-corrected chi connectivity index (χ4v) is 1.15. The maximum atomic E-state index is 8.78. The molecule has 0 spiro atoms. The highest BCUT2D eigenvalue weighted by molar-refractivity contribution is 6.31. The van der Waals surface area contributed by atoms with Gasteiger partial charge in [-0.1, -0.05) is 11.6 Å². The summed E-state index contributed by atoms with van der Waals surface area (Å²) in [6.07, 6.45) is 0. The Morgan fingerprint density at radius 2 is 2.33 bits per heavy atom. The van der Waals surface area contributed by atoms with E-state index in [-0.39, 0.29) is 6.61 Å². The van der Waals surface area contributed by atoms with Crippen LogP contribution in [0.15, 0.2) is 12.1 Å². The maximum Gasteiger partial charge on any atom is 0.0783 e. The lowest BCUT2D eigenvalue weighted by Gasteiger charge is -2.09. The Bertz CT molecular complexity index is 278. The Labute approximate surface area is 76.2 Å². The average molecular weight is 187 g/mol. The van der Waals surface area contributed by atoms with Crippen molar-refractivity contribution in [2.75, 3.05) is 6.61 Å². The molecule has 3 N–H and O–H groups in total. The van der Waals surface area contributed by atoms with Gasteiger partial charge in [-0.2, -0.15) is 0 Å². The molecule has 0 amide bonds. The lowest BCUT2D eigenvalue weighted by molar-refractivity contribution is 0.266. The maximum absolute atomic E-state index is 8.78. The first-order chi connectivity index (χ1) is 5.65. The third-order valence-corrected chi connectivity index (χ3v) is 1.88. The van der Waals surface area contributed by atoms with Crippen molar-refractivity contribution >= 4 is 11.6 Å². The second-order valence-corrected chi connectivity index (χ2v) is 3.02. The number of nitrogens with zero attached hydrogens (tertiary/aromatic N) is 1. The summed E-state index contributed by atoms with van der Waals surface area (Å²) in [6, 6.07) is 3.04. The van der Waals surface area contributed by atoms with Gasteiger partial charge in [0, 0.05) is 5.69 Å². The molecule has 4 heteroatoms. The number of aliphatic hydroxyl groups is 1. The van der Waals surface area contributed by atoms with Crippen LogP contribution in [0.1, 0.15) is 17.4 Å². The topological polar surface area (TPSA) is 59.1 Å². The zero-order valence-electron chi connectivity index (χ0n) is 6.79. The van der Waals surface area contributed by atoms with E-state index in [0.717, 1.165) is 5.69 Å². The highest BCUT2D eigenvalue weighted by Gasteiger charge is 2.10. The van der Waals surface area contributed by atoms with Crippen LogP contribution in [0.2, 0.25) is 5.02 Å². The first kappa shape index (κ1) is 9.45. The predicted octanol–water partition coefficient (Wildman–Crippen LogP) is 1.04. The molecule has 1 aromatic rings. The molecule has 3 nitrogen and oxygen atoms in total. The SMILES string of the molecule is Cc1ccc(Cl)c(C(N)CO)n1. The van der Waals surface area contributed by atoms with Crippen LogP contribution in [0.5, 0.6) is 0 Å². The summed E-state index contributed by atoms with van der Waals surface area (Å²) in [5, 5.41) is 9.28. The van der Waals surface area contributed by atoms with Crippen molar-refractivity contribution in [3.05, 3.63) is 28.5 Å². The molecule has 1 aromatic heterocycles. The lowest BCUT2D eigenvalue weighted by atomic mass is 10.2. The molecule has 0 aromatic carbocycles. The summed E-state index contributed by atoms with van der Waals surface area (Å²) in [4.78, 5) is 4.13. The van der Waals surface area contributed by atoms with Crippen molar-refractivity contribution in [1.29, 1.82) is 0 Å². The Morgan fingerprint density at radius 1 is 1.67 bits per heavy atom. The summed E-state index contributed by atoms with van der Waals surface area (Å²) in [5.74, 6) is 0. The molecule has 66 valence electrons. The number of nitrogens with two attached hydrogens (primary N) is 1. The van der Waals surface area contributed by atoms with Crippen molar-refractivity contribution < 1.29 is 5.11 Å². The van der Waals surface area contributed by atoms with Gasteiger partial charge in [0.1, 0.15) is 0 Å². The van der Waals surface area contributed by atoms with Gasteiger partial charge in [0.05, 0.1) is 23.4 Å². The van der Waals surface area contributed by atoms with Crippen LogP contribution in [0.3, 0.4) is 0 Å². The van der Waals surface area contributed by atoms with Crippen molar-refractivity contribution in [3.8, 4) is 0 Å². The molecular formula is C8H11ClN2O. The van der Waals surface area contributed by atoms with E-state index in [4.69, 9.17) is 22.4 Å². The molecule has 1 rings (SSSR count). The van der Waals surface area contributed by atoms with Gasteiger partial charge in [0.2, 0.25) is 0 Å². The number of pyridine rings is 1. The van der Waals surface area contributed by atoms with E-state index >= 15 is 0 Å². The molecule has 0 saturated carbocycles. The molecule has 0 aliphatic rings. The Morgan fingerprint density at radius 3 is 2.92 bits per heavy atom. The van der Waals surface area contributed by atoms with E-state index in [2.05, 4.69) is 4.98 Å². The monoisotopic (exact) mass is 186 g/mol.